The quantitative estimate of drug-likeness (QED) is 0.523. The molecule has 1 heterocycles. The minimum atomic E-state index is -0.296. The average Bonchev–Trinajstić information content (AvgIpc) is 2.88. The minimum Gasteiger partial charge on any atom is -0.497 e. The minimum absolute atomic E-state index is 0.140. The lowest BCUT2D eigenvalue weighted by Crippen LogP contribution is -2.33. The number of amides is 2. The zero-order valence-corrected chi connectivity index (χ0v) is 16.3. The van der Waals surface area contributed by atoms with Crippen LogP contribution >= 0.6 is 34.4 Å². The summed E-state index contributed by atoms with van der Waals surface area (Å²) in [7, 11) is 1.59. The first-order valence-electron chi connectivity index (χ1n) is 7.45. The summed E-state index contributed by atoms with van der Waals surface area (Å²) >= 11 is 3.17. The van der Waals surface area contributed by atoms with Crippen molar-refractivity contribution >= 4 is 57.3 Å². The third-order valence-electron chi connectivity index (χ3n) is 3.55. The molecule has 128 valence electrons. The van der Waals surface area contributed by atoms with Gasteiger partial charge in [0.2, 0.25) is 0 Å². The highest BCUT2D eigenvalue weighted by molar-refractivity contribution is 14.1. The van der Waals surface area contributed by atoms with Crippen molar-refractivity contribution in [1.29, 1.82) is 0 Å². The maximum atomic E-state index is 12.5. The Morgan fingerprint density at radius 3 is 2.68 bits per heavy atom. The van der Waals surface area contributed by atoms with Gasteiger partial charge in [0, 0.05) is 9.26 Å². The number of anilines is 1. The summed E-state index contributed by atoms with van der Waals surface area (Å²) in [6.07, 6.45) is 1.71. The summed E-state index contributed by atoms with van der Waals surface area (Å²) < 4.78 is 6.30. The van der Waals surface area contributed by atoms with Crippen LogP contribution in [0.4, 0.5) is 10.5 Å². The molecule has 2 aromatic carbocycles. The van der Waals surface area contributed by atoms with Crippen LogP contribution in [0.2, 0.25) is 0 Å². The lowest BCUT2D eigenvalue weighted by atomic mass is 10.2. The van der Waals surface area contributed by atoms with Crippen LogP contribution in [0.1, 0.15) is 5.56 Å². The van der Waals surface area contributed by atoms with Gasteiger partial charge in [-0.15, -0.1) is 0 Å². The predicted molar refractivity (Wildman–Crippen MR) is 108 cm³/mol. The number of rotatable bonds is 5. The van der Waals surface area contributed by atoms with Crippen molar-refractivity contribution in [3.8, 4) is 5.75 Å². The van der Waals surface area contributed by atoms with Crippen LogP contribution in [-0.4, -0.2) is 29.8 Å². The van der Waals surface area contributed by atoms with E-state index in [1.54, 1.807) is 13.2 Å². The number of benzene rings is 2. The first-order valence-corrected chi connectivity index (χ1v) is 9.35. The Balaban J connectivity index is 1.71. The largest absolute Gasteiger partial charge is 0.497 e. The lowest BCUT2D eigenvalue weighted by Gasteiger charge is -2.14. The van der Waals surface area contributed by atoms with Gasteiger partial charge in [-0.2, -0.15) is 0 Å². The summed E-state index contributed by atoms with van der Waals surface area (Å²) in [6.45, 7) is 0.140. The molecule has 7 heteroatoms. The second-order valence-corrected chi connectivity index (χ2v) is 7.47. The molecule has 0 spiro atoms. The van der Waals surface area contributed by atoms with E-state index in [9.17, 15) is 9.59 Å². The van der Waals surface area contributed by atoms with Gasteiger partial charge in [0.05, 0.1) is 18.7 Å². The predicted octanol–water partition coefficient (Wildman–Crippen LogP) is 4.41. The summed E-state index contributed by atoms with van der Waals surface area (Å²) in [6, 6.07) is 15.1. The molecule has 0 saturated carbocycles. The number of halogens is 1. The zero-order chi connectivity index (χ0) is 17.8. The Bertz CT molecular complexity index is 836. The summed E-state index contributed by atoms with van der Waals surface area (Å²) in [5, 5.41) is 2.82. The van der Waals surface area contributed by atoms with E-state index in [2.05, 4.69) is 27.9 Å². The molecule has 1 aliphatic rings. The number of ether oxygens (including phenoxy) is 1. The van der Waals surface area contributed by atoms with Gasteiger partial charge < -0.3 is 10.1 Å². The van der Waals surface area contributed by atoms with Crippen LogP contribution < -0.4 is 10.1 Å². The first kappa shape index (κ1) is 17.8. The molecule has 0 atom stereocenters. The van der Waals surface area contributed by atoms with Crippen molar-refractivity contribution in [2.75, 3.05) is 19.1 Å². The third kappa shape index (κ3) is 4.35. The van der Waals surface area contributed by atoms with Crippen LogP contribution in [0.25, 0.3) is 6.08 Å². The third-order valence-corrected chi connectivity index (χ3v) is 5.18. The average molecular weight is 466 g/mol. The summed E-state index contributed by atoms with van der Waals surface area (Å²) in [4.78, 5) is 26.2. The van der Waals surface area contributed by atoms with E-state index in [1.165, 1.54) is 4.90 Å². The molecule has 1 saturated heterocycles. The standard InChI is InChI=1S/C18H15IN2O3S/c1-24-15-4-2-3-12(9-15)10-16-17(22)21(18(23)25-16)11-20-14-7-5-13(19)6-8-14/h2-10,20H,11H2,1H3. The SMILES string of the molecule is COc1cccc(C=C2SC(=O)N(CNc3ccc(I)cc3)C2=O)c1. The van der Waals surface area contributed by atoms with E-state index in [4.69, 9.17) is 4.74 Å². The van der Waals surface area contributed by atoms with Gasteiger partial charge >= 0.3 is 0 Å². The molecule has 25 heavy (non-hydrogen) atoms. The molecular weight excluding hydrogens is 451 g/mol. The van der Waals surface area contributed by atoms with Crippen LogP contribution in [0.15, 0.2) is 53.4 Å². The smallest absolute Gasteiger partial charge is 0.295 e. The fraction of sp³-hybridized carbons (Fsp3) is 0.111. The van der Waals surface area contributed by atoms with Crippen molar-refractivity contribution < 1.29 is 14.3 Å². The highest BCUT2D eigenvalue weighted by Gasteiger charge is 2.34. The summed E-state index contributed by atoms with van der Waals surface area (Å²) in [5.41, 5.74) is 1.67. The van der Waals surface area contributed by atoms with Gasteiger partial charge in [-0.1, -0.05) is 12.1 Å². The fourth-order valence-corrected chi connectivity index (χ4v) is 3.45. The number of carbonyl (C=O) groups is 2. The zero-order valence-electron chi connectivity index (χ0n) is 13.4. The number of methoxy groups -OCH3 is 1. The molecule has 0 aliphatic carbocycles. The maximum Gasteiger partial charge on any atom is 0.295 e. The molecule has 0 unspecified atom stereocenters. The number of hydrogen-bond acceptors (Lipinski definition) is 5. The van der Waals surface area contributed by atoms with Gasteiger partial charge in [0.15, 0.2) is 0 Å². The van der Waals surface area contributed by atoms with Gasteiger partial charge in [-0.25, -0.2) is 0 Å². The normalized spacial score (nSPS) is 15.8. The van der Waals surface area contributed by atoms with E-state index in [-0.39, 0.29) is 17.8 Å². The second-order valence-electron chi connectivity index (χ2n) is 5.23. The topological polar surface area (TPSA) is 58.6 Å². The lowest BCUT2D eigenvalue weighted by molar-refractivity contribution is -0.122. The van der Waals surface area contributed by atoms with Crippen molar-refractivity contribution in [2.24, 2.45) is 0 Å². The fourth-order valence-electron chi connectivity index (χ4n) is 2.26. The van der Waals surface area contributed by atoms with Crippen molar-refractivity contribution in [2.45, 2.75) is 0 Å². The number of thioether (sulfide) groups is 1. The molecule has 2 amide bonds. The van der Waals surface area contributed by atoms with Crippen LogP contribution in [0.5, 0.6) is 5.75 Å². The molecule has 0 bridgehead atoms. The van der Waals surface area contributed by atoms with Gasteiger partial charge in [-0.05, 0) is 82.4 Å². The van der Waals surface area contributed by atoms with Crippen molar-refractivity contribution in [1.82, 2.24) is 4.90 Å². The number of carbonyl (C=O) groups excluding carboxylic acids is 2. The Labute approximate surface area is 163 Å². The van der Waals surface area contributed by atoms with Gasteiger partial charge in [0.25, 0.3) is 11.1 Å². The van der Waals surface area contributed by atoms with Crippen molar-refractivity contribution in [3.05, 3.63) is 62.6 Å². The molecule has 1 aliphatic heterocycles. The Morgan fingerprint density at radius 1 is 1.20 bits per heavy atom. The number of nitrogens with zero attached hydrogens (tertiary/aromatic N) is 1. The van der Waals surface area contributed by atoms with E-state index < -0.39 is 0 Å². The molecule has 0 aromatic heterocycles. The number of imide groups is 1. The maximum absolute atomic E-state index is 12.5. The first-order chi connectivity index (χ1) is 12.1. The monoisotopic (exact) mass is 466 g/mol. The molecule has 2 aromatic rings. The van der Waals surface area contributed by atoms with Crippen LogP contribution in [-0.2, 0) is 4.79 Å². The van der Waals surface area contributed by atoms with Crippen LogP contribution in [0, 0.1) is 3.57 Å². The molecule has 1 fully saturated rings. The molecule has 1 N–H and O–H groups in total. The van der Waals surface area contributed by atoms with Crippen molar-refractivity contribution in [3.63, 3.8) is 0 Å². The van der Waals surface area contributed by atoms with E-state index in [0.717, 1.165) is 26.6 Å². The number of nitrogens with one attached hydrogen (secondary N) is 1. The van der Waals surface area contributed by atoms with Gasteiger partial charge in [0.1, 0.15) is 5.75 Å². The Morgan fingerprint density at radius 2 is 1.96 bits per heavy atom. The van der Waals surface area contributed by atoms with E-state index in [0.29, 0.717) is 10.7 Å². The van der Waals surface area contributed by atoms with E-state index in [1.807, 2.05) is 48.5 Å². The van der Waals surface area contributed by atoms with E-state index >= 15 is 0 Å². The molecule has 3 rings (SSSR count). The Hall–Kier alpha value is -2.00. The van der Waals surface area contributed by atoms with Crippen LogP contribution in [0.3, 0.4) is 0 Å². The second kappa shape index (κ2) is 7.92. The molecule has 5 nitrogen and oxygen atoms in total. The highest BCUT2D eigenvalue weighted by atomic mass is 127. The van der Waals surface area contributed by atoms with Gasteiger partial charge in [-0.3, -0.25) is 14.5 Å². The summed E-state index contributed by atoms with van der Waals surface area (Å²) in [5.74, 6) is 0.407. The number of hydrogen-bond donors (Lipinski definition) is 1. The highest BCUT2D eigenvalue weighted by Crippen LogP contribution is 2.32. The Kier molecular flexibility index (Phi) is 5.64. The molecular formula is C18H15IN2O3S. The molecule has 0 radical (unpaired) electrons.